The molecule has 1 fully saturated rings. The lowest BCUT2D eigenvalue weighted by Crippen LogP contribution is -2.29. The summed E-state index contributed by atoms with van der Waals surface area (Å²) in [6, 6.07) is 18.3. The summed E-state index contributed by atoms with van der Waals surface area (Å²) in [7, 11) is 1.61. The molecule has 1 N–H and O–H groups in total. The van der Waals surface area contributed by atoms with Gasteiger partial charge in [-0.15, -0.1) is 0 Å². The zero-order chi connectivity index (χ0) is 29.4. The van der Waals surface area contributed by atoms with Crippen molar-refractivity contribution in [2.75, 3.05) is 30.0 Å². The van der Waals surface area contributed by atoms with E-state index in [2.05, 4.69) is 39.5 Å². The van der Waals surface area contributed by atoms with Gasteiger partial charge in [-0.05, 0) is 92.3 Å². The number of Topliss-reactive ketones (excluding diaryl/α,β-unsaturated/α-hetero) is 1. The average molecular weight is 541 g/mol. The zero-order valence-corrected chi connectivity index (χ0v) is 24.8. The second-order valence-electron chi connectivity index (χ2n) is 11.4. The van der Waals surface area contributed by atoms with Gasteiger partial charge in [0.1, 0.15) is 11.5 Å². The Balaban J connectivity index is 1.95. The van der Waals surface area contributed by atoms with Crippen molar-refractivity contribution in [3.05, 3.63) is 94.1 Å². The second kappa shape index (κ2) is 11.2. The molecule has 1 aliphatic heterocycles. The summed E-state index contributed by atoms with van der Waals surface area (Å²) < 4.78 is 5.58. The highest BCUT2D eigenvalue weighted by molar-refractivity contribution is 6.51. The number of benzene rings is 3. The Kier molecular flexibility index (Phi) is 8.10. The number of aliphatic hydroxyl groups excluding tert-OH is 1. The van der Waals surface area contributed by atoms with Crippen molar-refractivity contribution < 1.29 is 19.4 Å². The fraction of sp³-hybridized carbons (Fsp3) is 0.353. The fourth-order valence-corrected chi connectivity index (χ4v) is 5.56. The van der Waals surface area contributed by atoms with Crippen LogP contribution in [0.15, 0.2) is 66.2 Å². The van der Waals surface area contributed by atoms with Gasteiger partial charge in [0, 0.05) is 35.6 Å². The highest BCUT2D eigenvalue weighted by Crippen LogP contribution is 2.44. The molecule has 1 atom stereocenters. The molecule has 0 bridgehead atoms. The molecule has 3 aromatic rings. The van der Waals surface area contributed by atoms with E-state index in [1.165, 1.54) is 4.90 Å². The van der Waals surface area contributed by atoms with Crippen LogP contribution in [0.4, 0.5) is 11.4 Å². The van der Waals surface area contributed by atoms with Crippen molar-refractivity contribution in [1.82, 2.24) is 0 Å². The molecule has 1 saturated heterocycles. The van der Waals surface area contributed by atoms with Crippen LogP contribution in [0.2, 0.25) is 0 Å². The Morgan fingerprint density at radius 3 is 2.05 bits per heavy atom. The first-order valence-corrected chi connectivity index (χ1v) is 13.8. The van der Waals surface area contributed by atoms with E-state index in [0.29, 0.717) is 17.0 Å². The van der Waals surface area contributed by atoms with E-state index in [0.717, 1.165) is 41.0 Å². The Hall–Kier alpha value is -4.06. The maximum atomic E-state index is 13.7. The van der Waals surface area contributed by atoms with E-state index in [-0.39, 0.29) is 16.7 Å². The Labute approximate surface area is 237 Å². The largest absolute Gasteiger partial charge is 0.507 e. The fourth-order valence-electron chi connectivity index (χ4n) is 5.56. The van der Waals surface area contributed by atoms with Crippen LogP contribution in [0.25, 0.3) is 5.76 Å². The molecule has 1 amide bonds. The Morgan fingerprint density at radius 2 is 1.52 bits per heavy atom. The number of nitrogens with zero attached hydrogens (tertiary/aromatic N) is 2. The molecule has 6 nitrogen and oxygen atoms in total. The lowest BCUT2D eigenvalue weighted by molar-refractivity contribution is -0.132. The minimum absolute atomic E-state index is 0.0739. The molecule has 210 valence electrons. The van der Waals surface area contributed by atoms with E-state index in [4.69, 9.17) is 4.74 Å². The van der Waals surface area contributed by atoms with Gasteiger partial charge in [0.05, 0.1) is 18.7 Å². The summed E-state index contributed by atoms with van der Waals surface area (Å²) >= 11 is 0. The van der Waals surface area contributed by atoms with Crippen molar-refractivity contribution in [2.45, 2.75) is 59.9 Å². The molecule has 0 aliphatic carbocycles. The van der Waals surface area contributed by atoms with E-state index >= 15 is 0 Å². The number of rotatable bonds is 7. The lowest BCUT2D eigenvalue weighted by atomic mass is 9.84. The highest BCUT2D eigenvalue weighted by atomic mass is 16.5. The Bertz CT molecular complexity index is 1440. The van der Waals surface area contributed by atoms with Crippen molar-refractivity contribution >= 4 is 28.8 Å². The van der Waals surface area contributed by atoms with Crippen molar-refractivity contribution in [2.24, 2.45) is 0 Å². The highest BCUT2D eigenvalue weighted by Gasteiger charge is 2.47. The predicted molar refractivity (Wildman–Crippen MR) is 162 cm³/mol. The van der Waals surface area contributed by atoms with Crippen molar-refractivity contribution in [3.63, 3.8) is 0 Å². The summed E-state index contributed by atoms with van der Waals surface area (Å²) in [6.45, 7) is 16.1. The zero-order valence-electron chi connectivity index (χ0n) is 24.8. The molecule has 0 aromatic heterocycles. The van der Waals surface area contributed by atoms with Gasteiger partial charge in [-0.3, -0.25) is 14.5 Å². The number of carbonyl (C=O) groups excluding carboxylic acids is 2. The molecule has 4 rings (SSSR count). The smallest absolute Gasteiger partial charge is 0.300 e. The molecule has 0 radical (unpaired) electrons. The molecule has 1 aliphatic rings. The average Bonchev–Trinajstić information content (AvgIpc) is 3.18. The third-order valence-electron chi connectivity index (χ3n) is 7.55. The number of methoxy groups -OCH3 is 1. The van der Waals surface area contributed by atoms with Gasteiger partial charge < -0.3 is 14.7 Å². The first kappa shape index (κ1) is 28.9. The molecule has 1 heterocycles. The van der Waals surface area contributed by atoms with Gasteiger partial charge in [0.2, 0.25) is 0 Å². The van der Waals surface area contributed by atoms with E-state index in [9.17, 15) is 14.7 Å². The number of ether oxygens (including phenoxy) is 1. The molecule has 0 saturated carbocycles. The number of hydrogen-bond acceptors (Lipinski definition) is 5. The summed E-state index contributed by atoms with van der Waals surface area (Å²) in [5, 5.41) is 11.7. The van der Waals surface area contributed by atoms with Gasteiger partial charge in [-0.1, -0.05) is 39.0 Å². The summed E-state index contributed by atoms with van der Waals surface area (Å²) in [5.41, 5.74) is 5.56. The molecule has 1 unspecified atom stereocenters. The lowest BCUT2D eigenvalue weighted by Gasteiger charge is -2.27. The molecular formula is C34H40N2O4. The SMILES string of the molecule is CCN(CC)c1ccc(C2/C(=C(/O)c3ccc(OC)c(C(C)(C)C)c3)C(=O)C(=O)N2c2cc(C)cc(C)c2)cc1. The first-order valence-electron chi connectivity index (χ1n) is 13.8. The number of hydrogen-bond donors (Lipinski definition) is 1. The summed E-state index contributed by atoms with van der Waals surface area (Å²) in [4.78, 5) is 31.1. The summed E-state index contributed by atoms with van der Waals surface area (Å²) in [6.07, 6.45) is 0. The van der Waals surface area contributed by atoms with Gasteiger partial charge >= 0.3 is 0 Å². The van der Waals surface area contributed by atoms with Crippen LogP contribution in [0, 0.1) is 13.8 Å². The number of aryl methyl sites for hydroxylation is 2. The van der Waals surface area contributed by atoms with Crippen LogP contribution in [-0.4, -0.2) is 37.0 Å². The first-order chi connectivity index (χ1) is 18.9. The number of carbonyl (C=O) groups is 2. The molecule has 6 heteroatoms. The van der Waals surface area contributed by atoms with Gasteiger partial charge in [0.15, 0.2) is 0 Å². The summed E-state index contributed by atoms with van der Waals surface area (Å²) in [5.74, 6) is -0.865. The number of anilines is 2. The maximum Gasteiger partial charge on any atom is 0.300 e. The van der Waals surface area contributed by atoms with Crippen LogP contribution in [0.1, 0.15) is 68.5 Å². The van der Waals surface area contributed by atoms with Crippen LogP contribution in [-0.2, 0) is 15.0 Å². The standard InChI is InChI=1S/C34H40N2O4/c1-9-35(10-2)25-14-11-23(12-15-25)30-29(31(37)24-13-16-28(40-8)27(20-24)34(5,6)7)32(38)33(39)36(30)26-18-21(3)17-22(4)19-26/h11-20,30,37H,9-10H2,1-8H3/b31-29-. The van der Waals surface area contributed by atoms with Crippen LogP contribution >= 0.6 is 0 Å². The van der Waals surface area contributed by atoms with E-state index < -0.39 is 17.7 Å². The van der Waals surface area contributed by atoms with Gasteiger partial charge in [-0.25, -0.2) is 0 Å². The normalized spacial score (nSPS) is 16.9. The number of aliphatic hydroxyl groups is 1. The second-order valence-corrected chi connectivity index (χ2v) is 11.4. The number of ketones is 1. The number of amides is 1. The topological polar surface area (TPSA) is 70.1 Å². The van der Waals surface area contributed by atoms with Crippen LogP contribution in [0.3, 0.4) is 0 Å². The molecule has 40 heavy (non-hydrogen) atoms. The van der Waals surface area contributed by atoms with Gasteiger partial charge in [-0.2, -0.15) is 0 Å². The maximum absolute atomic E-state index is 13.7. The minimum atomic E-state index is -0.785. The minimum Gasteiger partial charge on any atom is -0.507 e. The van der Waals surface area contributed by atoms with E-state index in [1.807, 2.05) is 62.4 Å². The monoisotopic (exact) mass is 540 g/mol. The molecule has 3 aromatic carbocycles. The third kappa shape index (κ3) is 5.35. The van der Waals surface area contributed by atoms with Crippen LogP contribution in [0.5, 0.6) is 5.75 Å². The molecule has 0 spiro atoms. The predicted octanol–water partition coefficient (Wildman–Crippen LogP) is 7.08. The van der Waals surface area contributed by atoms with Crippen molar-refractivity contribution in [3.8, 4) is 5.75 Å². The van der Waals surface area contributed by atoms with Gasteiger partial charge in [0.25, 0.3) is 11.7 Å². The quantitative estimate of drug-likeness (QED) is 0.197. The van der Waals surface area contributed by atoms with Crippen LogP contribution < -0.4 is 14.5 Å². The molecular weight excluding hydrogens is 500 g/mol. The van der Waals surface area contributed by atoms with Crippen molar-refractivity contribution in [1.29, 1.82) is 0 Å². The Morgan fingerprint density at radius 1 is 0.925 bits per heavy atom. The van der Waals surface area contributed by atoms with E-state index in [1.54, 1.807) is 19.2 Å². The third-order valence-corrected chi connectivity index (χ3v) is 7.55.